The lowest BCUT2D eigenvalue weighted by atomic mass is 10.1. The Morgan fingerprint density at radius 3 is 2.69 bits per heavy atom. The molecular formula is C9H9ClN2O. The fraction of sp³-hybridized carbons (Fsp3) is 0. The van der Waals surface area contributed by atoms with Crippen molar-refractivity contribution < 1.29 is 4.79 Å². The number of benzene rings is 1. The molecule has 1 aromatic carbocycles. The minimum atomic E-state index is 0. The fourth-order valence-electron chi connectivity index (χ4n) is 1.26. The maximum atomic E-state index is 11.2. The summed E-state index contributed by atoms with van der Waals surface area (Å²) in [7, 11) is 0. The van der Waals surface area contributed by atoms with E-state index in [1.165, 1.54) is 0 Å². The predicted molar refractivity (Wildman–Crippen MR) is 54.9 cm³/mol. The quantitative estimate of drug-likeness (QED) is 0.530. The van der Waals surface area contributed by atoms with Gasteiger partial charge in [0, 0.05) is 11.3 Å². The van der Waals surface area contributed by atoms with E-state index in [1.54, 1.807) is 18.2 Å². The van der Waals surface area contributed by atoms with E-state index in [-0.39, 0.29) is 18.2 Å². The van der Waals surface area contributed by atoms with Crippen LogP contribution >= 0.6 is 12.4 Å². The van der Waals surface area contributed by atoms with Crippen molar-refractivity contribution in [3.8, 4) is 0 Å². The van der Waals surface area contributed by atoms with Gasteiger partial charge < -0.3 is 5.43 Å². The molecule has 0 heterocycles. The van der Waals surface area contributed by atoms with Crippen LogP contribution in [0, 0.1) is 0 Å². The number of nitrogens with two attached hydrogens (primary N) is 1. The number of nitrogens with one attached hydrogen (secondary N) is 1. The monoisotopic (exact) mass is 196 g/mol. The molecule has 3 N–H and O–H groups in total. The van der Waals surface area contributed by atoms with Crippen LogP contribution in [0.4, 0.5) is 5.69 Å². The Morgan fingerprint density at radius 1 is 1.23 bits per heavy atom. The van der Waals surface area contributed by atoms with Crippen LogP contribution in [0.2, 0.25) is 0 Å². The van der Waals surface area contributed by atoms with Crippen LogP contribution in [0.5, 0.6) is 0 Å². The van der Waals surface area contributed by atoms with Gasteiger partial charge >= 0.3 is 0 Å². The third kappa shape index (κ3) is 1.56. The smallest absolute Gasteiger partial charge is 0.186 e. The highest BCUT2D eigenvalue weighted by molar-refractivity contribution is 6.14. The zero-order valence-corrected chi connectivity index (χ0v) is 7.60. The number of hydrazine groups is 1. The first kappa shape index (κ1) is 9.77. The second-order valence-electron chi connectivity index (χ2n) is 2.64. The summed E-state index contributed by atoms with van der Waals surface area (Å²) in [6.07, 6.45) is 3.36. The number of ketones is 1. The van der Waals surface area contributed by atoms with Crippen LogP contribution in [0.1, 0.15) is 15.9 Å². The summed E-state index contributed by atoms with van der Waals surface area (Å²) >= 11 is 0. The average molecular weight is 197 g/mol. The molecular weight excluding hydrogens is 188 g/mol. The van der Waals surface area contributed by atoms with Gasteiger partial charge in [-0.1, -0.05) is 12.1 Å². The van der Waals surface area contributed by atoms with Gasteiger partial charge in [0.15, 0.2) is 5.78 Å². The number of carbonyl (C=O) groups excluding carboxylic acids is 1. The van der Waals surface area contributed by atoms with Crippen molar-refractivity contribution in [1.29, 1.82) is 0 Å². The van der Waals surface area contributed by atoms with Crippen molar-refractivity contribution in [2.24, 2.45) is 5.84 Å². The third-order valence-electron chi connectivity index (χ3n) is 1.90. The maximum absolute atomic E-state index is 11.2. The number of anilines is 1. The summed E-state index contributed by atoms with van der Waals surface area (Å²) in [6, 6.07) is 5.45. The van der Waals surface area contributed by atoms with Gasteiger partial charge in [-0.2, -0.15) is 0 Å². The number of carbonyl (C=O) groups is 1. The minimum Gasteiger partial charge on any atom is -0.324 e. The zero-order valence-electron chi connectivity index (χ0n) is 6.78. The Bertz CT molecular complexity index is 374. The molecule has 2 rings (SSSR count). The number of hydrogen-bond donors (Lipinski definition) is 2. The number of halogens is 1. The number of rotatable bonds is 1. The van der Waals surface area contributed by atoms with E-state index in [9.17, 15) is 4.79 Å². The van der Waals surface area contributed by atoms with Crippen LogP contribution in [-0.2, 0) is 0 Å². The van der Waals surface area contributed by atoms with Gasteiger partial charge in [0.05, 0.1) is 0 Å². The standard InChI is InChI=1S/C9H8N2O.ClH/c10-11-7-3-1-6-2-4-9(12)8(6)5-7;/h1-5,11H,10H2;1H. The fourth-order valence-corrected chi connectivity index (χ4v) is 1.26. The van der Waals surface area contributed by atoms with Gasteiger partial charge in [-0.15, -0.1) is 12.4 Å². The van der Waals surface area contributed by atoms with Crippen LogP contribution in [0.25, 0.3) is 6.08 Å². The van der Waals surface area contributed by atoms with E-state index >= 15 is 0 Å². The highest BCUT2D eigenvalue weighted by Crippen LogP contribution is 2.22. The highest BCUT2D eigenvalue weighted by Gasteiger charge is 2.12. The average Bonchev–Trinajstić information content (AvgIpc) is 2.47. The van der Waals surface area contributed by atoms with Gasteiger partial charge in [0.1, 0.15) is 0 Å². The Labute approximate surface area is 82.0 Å². The van der Waals surface area contributed by atoms with E-state index in [2.05, 4.69) is 5.43 Å². The first-order valence-corrected chi connectivity index (χ1v) is 3.64. The lowest BCUT2D eigenvalue weighted by Gasteiger charge is -2.01. The van der Waals surface area contributed by atoms with Crippen molar-refractivity contribution in [3.05, 3.63) is 35.4 Å². The van der Waals surface area contributed by atoms with Gasteiger partial charge in [-0.05, 0) is 23.8 Å². The second kappa shape index (κ2) is 3.60. The zero-order chi connectivity index (χ0) is 8.55. The molecule has 0 radical (unpaired) electrons. The molecule has 0 saturated carbocycles. The molecule has 0 saturated heterocycles. The highest BCUT2D eigenvalue weighted by atomic mass is 35.5. The summed E-state index contributed by atoms with van der Waals surface area (Å²) in [5, 5.41) is 0. The molecule has 0 amide bonds. The van der Waals surface area contributed by atoms with Crippen molar-refractivity contribution >= 4 is 30.0 Å². The van der Waals surface area contributed by atoms with Gasteiger partial charge in [0.25, 0.3) is 0 Å². The number of allylic oxidation sites excluding steroid dienone is 1. The Morgan fingerprint density at radius 2 is 2.00 bits per heavy atom. The lowest BCUT2D eigenvalue weighted by molar-refractivity contribution is 0.105. The van der Waals surface area contributed by atoms with Gasteiger partial charge in [-0.25, -0.2) is 0 Å². The molecule has 4 heteroatoms. The second-order valence-corrected chi connectivity index (χ2v) is 2.64. The van der Waals surface area contributed by atoms with E-state index in [0.29, 0.717) is 5.56 Å². The molecule has 0 aromatic heterocycles. The van der Waals surface area contributed by atoms with Crippen molar-refractivity contribution in [1.82, 2.24) is 0 Å². The van der Waals surface area contributed by atoms with Crippen LogP contribution in [0.3, 0.4) is 0 Å². The molecule has 0 aliphatic heterocycles. The minimum absolute atomic E-state index is 0. The number of nitrogen functional groups attached to an aromatic ring is 1. The van der Waals surface area contributed by atoms with E-state index in [0.717, 1.165) is 11.3 Å². The molecule has 1 aliphatic rings. The summed E-state index contributed by atoms with van der Waals surface area (Å²) in [6.45, 7) is 0. The maximum Gasteiger partial charge on any atom is 0.186 e. The Balaban J connectivity index is 0.000000845. The lowest BCUT2D eigenvalue weighted by Crippen LogP contribution is -2.07. The van der Waals surface area contributed by atoms with Gasteiger partial charge in [0.2, 0.25) is 0 Å². The molecule has 0 spiro atoms. The Hall–Kier alpha value is -1.32. The molecule has 1 aromatic rings. The van der Waals surface area contributed by atoms with Crippen LogP contribution in [-0.4, -0.2) is 5.78 Å². The largest absolute Gasteiger partial charge is 0.324 e. The molecule has 1 aliphatic carbocycles. The predicted octanol–water partition coefficient (Wildman–Crippen LogP) is 1.60. The van der Waals surface area contributed by atoms with Crippen LogP contribution in [0.15, 0.2) is 24.3 Å². The molecule has 0 fully saturated rings. The van der Waals surface area contributed by atoms with Crippen molar-refractivity contribution in [2.75, 3.05) is 5.43 Å². The normalized spacial score (nSPS) is 12.2. The number of fused-ring (bicyclic) bond motifs is 1. The summed E-state index contributed by atoms with van der Waals surface area (Å²) in [5.74, 6) is 5.25. The molecule has 0 bridgehead atoms. The van der Waals surface area contributed by atoms with Crippen molar-refractivity contribution in [2.45, 2.75) is 0 Å². The molecule has 0 atom stereocenters. The number of hydrogen-bond acceptors (Lipinski definition) is 3. The third-order valence-corrected chi connectivity index (χ3v) is 1.90. The first-order valence-electron chi connectivity index (χ1n) is 3.64. The first-order chi connectivity index (χ1) is 5.81. The summed E-state index contributed by atoms with van der Waals surface area (Å²) < 4.78 is 0. The molecule has 0 unspecified atom stereocenters. The van der Waals surface area contributed by atoms with Crippen LogP contribution < -0.4 is 11.3 Å². The van der Waals surface area contributed by atoms with Crippen molar-refractivity contribution in [3.63, 3.8) is 0 Å². The summed E-state index contributed by atoms with van der Waals surface area (Å²) in [4.78, 5) is 11.2. The summed E-state index contributed by atoms with van der Waals surface area (Å²) in [5.41, 5.74) is 4.92. The van der Waals surface area contributed by atoms with E-state index < -0.39 is 0 Å². The van der Waals surface area contributed by atoms with E-state index in [1.807, 2.05) is 12.1 Å². The van der Waals surface area contributed by atoms with Gasteiger partial charge in [-0.3, -0.25) is 10.6 Å². The molecule has 3 nitrogen and oxygen atoms in total. The SMILES string of the molecule is Cl.NNc1ccc2c(c1)C(=O)C=C2. The van der Waals surface area contributed by atoms with E-state index in [4.69, 9.17) is 5.84 Å². The molecule has 68 valence electrons. The Kier molecular flexibility index (Phi) is 2.70. The molecule has 13 heavy (non-hydrogen) atoms. The topological polar surface area (TPSA) is 55.1 Å².